The number of aliphatic hydroxyl groups is 1. The number of amides is 1. The molecule has 1 amide bonds. The van der Waals surface area contributed by atoms with Crippen molar-refractivity contribution in [2.45, 2.75) is 46.1 Å². The molecule has 4 nitrogen and oxygen atoms in total. The van der Waals surface area contributed by atoms with Gasteiger partial charge in [-0.05, 0) is 56.4 Å². The van der Waals surface area contributed by atoms with Crippen molar-refractivity contribution in [3.63, 3.8) is 0 Å². The van der Waals surface area contributed by atoms with Gasteiger partial charge in [-0.2, -0.15) is 0 Å². The molecule has 0 saturated carbocycles. The Morgan fingerprint density at radius 1 is 1.43 bits per heavy atom. The Bertz CT molecular complexity index is 481. The van der Waals surface area contributed by atoms with Crippen molar-refractivity contribution in [3.05, 3.63) is 29.3 Å². The molecule has 2 N–H and O–H groups in total. The quantitative estimate of drug-likeness (QED) is 0.812. The first-order valence-electron chi connectivity index (χ1n) is 7.40. The molecule has 1 aromatic rings. The molecule has 1 aromatic carbocycles. The average molecular weight is 293 g/mol. The Hall–Kier alpha value is -1.55. The number of methoxy groups -OCH3 is 1. The number of nitrogens with one attached hydrogen (secondary N) is 1. The minimum atomic E-state index is -0.875. The molecule has 0 heterocycles. The zero-order valence-electron chi connectivity index (χ0n) is 13.7. The summed E-state index contributed by atoms with van der Waals surface area (Å²) >= 11 is 0. The molecule has 0 saturated heterocycles. The van der Waals surface area contributed by atoms with E-state index in [1.165, 1.54) is 0 Å². The maximum absolute atomic E-state index is 12.2. The van der Waals surface area contributed by atoms with Crippen molar-refractivity contribution < 1.29 is 14.6 Å². The molecule has 0 spiro atoms. The van der Waals surface area contributed by atoms with Gasteiger partial charge < -0.3 is 15.2 Å². The summed E-state index contributed by atoms with van der Waals surface area (Å²) in [5.41, 5.74) is 0.587. The van der Waals surface area contributed by atoms with E-state index in [1.807, 2.05) is 13.0 Å². The third kappa shape index (κ3) is 5.76. The van der Waals surface area contributed by atoms with Gasteiger partial charge in [0.15, 0.2) is 0 Å². The second kappa shape index (κ2) is 7.46. The molecule has 0 bridgehead atoms. The molecule has 0 aliphatic heterocycles. The Morgan fingerprint density at radius 2 is 2.10 bits per heavy atom. The lowest BCUT2D eigenvalue weighted by molar-refractivity contribution is 0.0429. The predicted molar refractivity (Wildman–Crippen MR) is 84.8 cm³/mol. The minimum Gasteiger partial charge on any atom is -0.497 e. The monoisotopic (exact) mass is 293 g/mol. The number of carbonyl (C=O) groups excluding carboxylic acids is 1. The number of rotatable bonds is 7. The van der Waals surface area contributed by atoms with E-state index in [1.54, 1.807) is 26.2 Å². The molecule has 0 fully saturated rings. The number of hydrogen-bond donors (Lipinski definition) is 2. The molecular formula is C17H27NO3. The fraction of sp³-hybridized carbons (Fsp3) is 0.588. The third-order valence-corrected chi connectivity index (χ3v) is 3.57. The first kappa shape index (κ1) is 17.5. The van der Waals surface area contributed by atoms with Crippen molar-refractivity contribution in [1.82, 2.24) is 5.32 Å². The number of hydrogen-bond acceptors (Lipinski definition) is 3. The van der Waals surface area contributed by atoms with Gasteiger partial charge in [-0.3, -0.25) is 4.79 Å². The van der Waals surface area contributed by atoms with Gasteiger partial charge in [0, 0.05) is 12.1 Å². The molecular weight excluding hydrogens is 266 g/mol. The van der Waals surface area contributed by atoms with Gasteiger partial charge in [0.1, 0.15) is 5.75 Å². The van der Waals surface area contributed by atoms with E-state index in [-0.39, 0.29) is 12.5 Å². The molecule has 4 heteroatoms. The summed E-state index contributed by atoms with van der Waals surface area (Å²) in [5.74, 6) is 1.10. The molecule has 0 aromatic heterocycles. The van der Waals surface area contributed by atoms with Crippen LogP contribution in [0.25, 0.3) is 0 Å². The molecule has 1 unspecified atom stereocenters. The Morgan fingerprint density at radius 3 is 2.62 bits per heavy atom. The highest BCUT2D eigenvalue weighted by atomic mass is 16.5. The third-order valence-electron chi connectivity index (χ3n) is 3.57. The number of carbonyl (C=O) groups is 1. The number of aryl methyl sites for hydroxylation is 1. The van der Waals surface area contributed by atoms with E-state index in [2.05, 4.69) is 19.2 Å². The van der Waals surface area contributed by atoms with Crippen molar-refractivity contribution >= 4 is 5.91 Å². The topological polar surface area (TPSA) is 58.6 Å². The van der Waals surface area contributed by atoms with Crippen LogP contribution in [0.4, 0.5) is 0 Å². The van der Waals surface area contributed by atoms with E-state index < -0.39 is 5.60 Å². The average Bonchev–Trinajstić information content (AvgIpc) is 2.42. The van der Waals surface area contributed by atoms with Crippen LogP contribution in [0.1, 0.15) is 49.5 Å². The fourth-order valence-electron chi connectivity index (χ4n) is 2.07. The maximum Gasteiger partial charge on any atom is 0.251 e. The van der Waals surface area contributed by atoms with Crippen molar-refractivity contribution in [2.24, 2.45) is 5.92 Å². The van der Waals surface area contributed by atoms with Crippen LogP contribution in [-0.2, 0) is 0 Å². The minimum absolute atomic E-state index is 0.167. The second-order valence-corrected chi connectivity index (χ2v) is 6.29. The summed E-state index contributed by atoms with van der Waals surface area (Å²) in [5, 5.41) is 13.1. The van der Waals surface area contributed by atoms with E-state index in [4.69, 9.17) is 4.74 Å². The van der Waals surface area contributed by atoms with E-state index in [9.17, 15) is 9.90 Å². The molecule has 0 aliphatic carbocycles. The van der Waals surface area contributed by atoms with Gasteiger partial charge >= 0.3 is 0 Å². The van der Waals surface area contributed by atoms with Crippen molar-refractivity contribution in [1.29, 1.82) is 0 Å². The van der Waals surface area contributed by atoms with Gasteiger partial charge in [-0.1, -0.05) is 13.8 Å². The van der Waals surface area contributed by atoms with Crippen LogP contribution in [0.2, 0.25) is 0 Å². The maximum atomic E-state index is 12.2. The summed E-state index contributed by atoms with van der Waals surface area (Å²) in [4.78, 5) is 12.2. The lowest BCUT2D eigenvalue weighted by atomic mass is 9.95. The van der Waals surface area contributed by atoms with Crippen LogP contribution in [0.3, 0.4) is 0 Å². The fourth-order valence-corrected chi connectivity index (χ4v) is 2.07. The van der Waals surface area contributed by atoms with Crippen LogP contribution >= 0.6 is 0 Å². The van der Waals surface area contributed by atoms with Gasteiger partial charge in [0.2, 0.25) is 0 Å². The molecule has 1 atom stereocenters. The summed E-state index contributed by atoms with van der Waals surface area (Å²) < 4.78 is 5.13. The van der Waals surface area contributed by atoms with Crippen LogP contribution in [0.5, 0.6) is 5.75 Å². The lowest BCUT2D eigenvalue weighted by Crippen LogP contribution is -2.41. The Labute approximate surface area is 127 Å². The molecule has 1 rings (SSSR count). The lowest BCUT2D eigenvalue weighted by Gasteiger charge is -2.24. The second-order valence-electron chi connectivity index (χ2n) is 6.29. The molecule has 0 aliphatic rings. The Kier molecular flexibility index (Phi) is 6.21. The van der Waals surface area contributed by atoms with E-state index in [0.29, 0.717) is 17.9 Å². The van der Waals surface area contributed by atoms with Gasteiger partial charge in [-0.15, -0.1) is 0 Å². The summed E-state index contributed by atoms with van der Waals surface area (Å²) in [6, 6.07) is 5.33. The molecule has 0 radical (unpaired) electrons. The SMILES string of the molecule is COc1ccc(C(=O)NCC(C)(O)CCC(C)C)c(C)c1. The van der Waals surface area contributed by atoms with Crippen molar-refractivity contribution in [3.8, 4) is 5.75 Å². The highest BCUT2D eigenvalue weighted by Crippen LogP contribution is 2.18. The standard InChI is InChI=1S/C17H27NO3/c1-12(2)8-9-17(4,20)11-18-16(19)15-7-6-14(21-5)10-13(15)3/h6-7,10,12,20H,8-9,11H2,1-5H3,(H,18,19). The first-order valence-corrected chi connectivity index (χ1v) is 7.40. The van der Waals surface area contributed by atoms with Gasteiger partial charge in [0.25, 0.3) is 5.91 Å². The number of benzene rings is 1. The first-order chi connectivity index (χ1) is 9.75. The van der Waals surface area contributed by atoms with E-state index in [0.717, 1.165) is 17.7 Å². The zero-order valence-corrected chi connectivity index (χ0v) is 13.7. The van der Waals surface area contributed by atoms with Crippen LogP contribution in [0.15, 0.2) is 18.2 Å². The summed E-state index contributed by atoms with van der Waals surface area (Å²) in [6.45, 7) is 8.12. The van der Waals surface area contributed by atoms with Gasteiger partial charge in [0.05, 0.1) is 12.7 Å². The van der Waals surface area contributed by atoms with Crippen LogP contribution in [0, 0.1) is 12.8 Å². The highest BCUT2D eigenvalue weighted by Gasteiger charge is 2.22. The van der Waals surface area contributed by atoms with Crippen LogP contribution in [-0.4, -0.2) is 30.3 Å². The predicted octanol–water partition coefficient (Wildman–Crippen LogP) is 2.92. The normalized spacial score (nSPS) is 13.9. The summed E-state index contributed by atoms with van der Waals surface area (Å²) in [7, 11) is 1.60. The van der Waals surface area contributed by atoms with Crippen LogP contribution < -0.4 is 10.1 Å². The highest BCUT2D eigenvalue weighted by molar-refractivity contribution is 5.95. The summed E-state index contributed by atoms with van der Waals surface area (Å²) in [6.07, 6.45) is 1.61. The molecule has 21 heavy (non-hydrogen) atoms. The molecule has 118 valence electrons. The zero-order chi connectivity index (χ0) is 16.0. The Balaban J connectivity index is 2.61. The number of ether oxygens (including phenoxy) is 1. The van der Waals surface area contributed by atoms with E-state index >= 15 is 0 Å². The van der Waals surface area contributed by atoms with Crippen molar-refractivity contribution in [2.75, 3.05) is 13.7 Å². The largest absolute Gasteiger partial charge is 0.497 e. The van der Waals surface area contributed by atoms with Gasteiger partial charge in [-0.25, -0.2) is 0 Å². The smallest absolute Gasteiger partial charge is 0.251 e.